The van der Waals surface area contributed by atoms with Crippen molar-refractivity contribution in [2.45, 2.75) is 39.5 Å². The zero-order valence-electron chi connectivity index (χ0n) is 16.9. The number of aliphatic carboxylic acids is 1. The molecule has 0 saturated carbocycles. The molecule has 2 unspecified atom stereocenters. The lowest BCUT2D eigenvalue weighted by Crippen LogP contribution is -2.27. The molecule has 2 atom stereocenters. The van der Waals surface area contributed by atoms with Gasteiger partial charge in [0.2, 0.25) is 0 Å². The number of esters is 1. The SMILES string of the molecule is CCCC1=CC(C=CC(=O)O)C(C=CC(=O)Oc2ccc(O)cc2)(CCC)C=C1. The van der Waals surface area contributed by atoms with Gasteiger partial charge in [0.1, 0.15) is 11.5 Å². The number of hydrogen-bond acceptors (Lipinski definition) is 4. The van der Waals surface area contributed by atoms with E-state index in [9.17, 15) is 14.7 Å². The summed E-state index contributed by atoms with van der Waals surface area (Å²) in [4.78, 5) is 23.4. The van der Waals surface area contributed by atoms with Crippen molar-refractivity contribution in [2.24, 2.45) is 11.3 Å². The number of phenolic OH excluding ortho intramolecular Hbond substituents is 1. The highest BCUT2D eigenvalue weighted by Crippen LogP contribution is 2.42. The monoisotopic (exact) mass is 396 g/mol. The van der Waals surface area contributed by atoms with Crippen molar-refractivity contribution in [2.75, 3.05) is 0 Å². The van der Waals surface area contributed by atoms with Crippen LogP contribution in [0.2, 0.25) is 0 Å². The van der Waals surface area contributed by atoms with Crippen LogP contribution in [0.3, 0.4) is 0 Å². The van der Waals surface area contributed by atoms with Gasteiger partial charge in [0, 0.05) is 23.5 Å². The number of aromatic hydroxyl groups is 1. The Hall–Kier alpha value is -3.08. The number of carbonyl (C=O) groups excluding carboxylic acids is 1. The van der Waals surface area contributed by atoms with Gasteiger partial charge in [-0.15, -0.1) is 0 Å². The van der Waals surface area contributed by atoms with Gasteiger partial charge in [-0.2, -0.15) is 0 Å². The van der Waals surface area contributed by atoms with Gasteiger partial charge >= 0.3 is 11.9 Å². The van der Waals surface area contributed by atoms with E-state index < -0.39 is 17.4 Å². The summed E-state index contributed by atoms with van der Waals surface area (Å²) < 4.78 is 5.29. The number of carboxylic acids is 1. The van der Waals surface area contributed by atoms with Crippen LogP contribution < -0.4 is 4.74 Å². The molecule has 5 nitrogen and oxygen atoms in total. The highest BCUT2D eigenvalue weighted by atomic mass is 16.5. The third-order valence-corrected chi connectivity index (χ3v) is 4.87. The molecule has 1 aromatic carbocycles. The number of carboxylic acid groups (broad SMARTS) is 1. The Labute approximate surface area is 171 Å². The van der Waals surface area contributed by atoms with Crippen molar-refractivity contribution in [3.8, 4) is 11.5 Å². The first kappa shape index (κ1) is 22.2. The Kier molecular flexibility index (Phi) is 8.01. The third kappa shape index (κ3) is 6.49. The van der Waals surface area contributed by atoms with E-state index in [1.54, 1.807) is 6.08 Å². The second-order valence-corrected chi connectivity index (χ2v) is 7.16. The van der Waals surface area contributed by atoms with Gasteiger partial charge in [-0.3, -0.25) is 0 Å². The summed E-state index contributed by atoms with van der Waals surface area (Å²) in [6, 6.07) is 5.92. The number of allylic oxidation sites excluding steroid dienone is 6. The Morgan fingerprint density at radius 3 is 2.48 bits per heavy atom. The van der Waals surface area contributed by atoms with Crippen LogP contribution in [0.5, 0.6) is 11.5 Å². The highest BCUT2D eigenvalue weighted by Gasteiger charge is 2.33. The van der Waals surface area contributed by atoms with Crippen LogP contribution in [-0.2, 0) is 9.59 Å². The summed E-state index contributed by atoms with van der Waals surface area (Å²) in [7, 11) is 0. The molecule has 29 heavy (non-hydrogen) atoms. The molecule has 1 aliphatic rings. The molecular formula is C24H28O5. The van der Waals surface area contributed by atoms with Crippen LogP contribution >= 0.6 is 0 Å². The van der Waals surface area contributed by atoms with Crippen LogP contribution in [0.4, 0.5) is 0 Å². The number of phenols is 1. The first-order valence-corrected chi connectivity index (χ1v) is 9.89. The Balaban J connectivity index is 2.27. The number of carbonyl (C=O) groups is 2. The molecule has 0 amide bonds. The lowest BCUT2D eigenvalue weighted by molar-refractivity contribution is -0.131. The summed E-state index contributed by atoms with van der Waals surface area (Å²) in [6.45, 7) is 4.16. The molecule has 0 bridgehead atoms. The van der Waals surface area contributed by atoms with Crippen molar-refractivity contribution in [3.63, 3.8) is 0 Å². The van der Waals surface area contributed by atoms with Gasteiger partial charge < -0.3 is 14.9 Å². The van der Waals surface area contributed by atoms with Gasteiger partial charge in [-0.1, -0.05) is 62.6 Å². The molecule has 0 fully saturated rings. The van der Waals surface area contributed by atoms with E-state index in [2.05, 4.69) is 32.1 Å². The smallest absolute Gasteiger partial charge is 0.335 e. The fourth-order valence-corrected chi connectivity index (χ4v) is 3.51. The average Bonchev–Trinajstić information content (AvgIpc) is 2.69. The standard InChI is InChI=1S/C24H28O5/c1-3-5-18-12-15-24(14-4-2,19(17-18)6-11-22(26)27)16-13-23(28)29-21-9-7-20(25)8-10-21/h6-13,15-17,19,25H,3-5,14H2,1-2H3,(H,26,27). The van der Waals surface area contributed by atoms with Crippen molar-refractivity contribution >= 4 is 11.9 Å². The van der Waals surface area contributed by atoms with Crippen molar-refractivity contribution < 1.29 is 24.5 Å². The van der Waals surface area contributed by atoms with Gasteiger partial charge in [0.05, 0.1) is 0 Å². The predicted molar refractivity (Wildman–Crippen MR) is 113 cm³/mol. The lowest BCUT2D eigenvalue weighted by Gasteiger charge is -2.36. The van der Waals surface area contributed by atoms with Crippen molar-refractivity contribution in [1.82, 2.24) is 0 Å². The molecule has 1 aromatic rings. The molecule has 5 heteroatoms. The lowest BCUT2D eigenvalue weighted by atomic mass is 9.68. The topological polar surface area (TPSA) is 83.8 Å². The first-order chi connectivity index (χ1) is 13.9. The normalized spacial score (nSPS) is 21.4. The molecule has 0 radical (unpaired) electrons. The predicted octanol–water partition coefficient (Wildman–Crippen LogP) is 5.19. The average molecular weight is 396 g/mol. The molecule has 0 aromatic heterocycles. The zero-order valence-corrected chi connectivity index (χ0v) is 16.9. The van der Waals surface area contributed by atoms with Crippen LogP contribution in [-0.4, -0.2) is 22.2 Å². The van der Waals surface area contributed by atoms with Crippen LogP contribution in [0.15, 0.2) is 72.4 Å². The third-order valence-electron chi connectivity index (χ3n) is 4.87. The second kappa shape index (κ2) is 10.5. The molecule has 0 heterocycles. The zero-order chi connectivity index (χ0) is 21.3. The Morgan fingerprint density at radius 2 is 1.86 bits per heavy atom. The van der Waals surface area contributed by atoms with Crippen LogP contribution in [0.1, 0.15) is 39.5 Å². The minimum Gasteiger partial charge on any atom is -0.508 e. The van der Waals surface area contributed by atoms with Gasteiger partial charge in [0.25, 0.3) is 0 Å². The van der Waals surface area contributed by atoms with E-state index in [4.69, 9.17) is 9.84 Å². The quantitative estimate of drug-likeness (QED) is 0.341. The van der Waals surface area contributed by atoms with E-state index >= 15 is 0 Å². The summed E-state index contributed by atoms with van der Waals surface area (Å²) in [5, 5.41) is 18.4. The van der Waals surface area contributed by atoms with Crippen molar-refractivity contribution in [3.05, 3.63) is 72.4 Å². The highest BCUT2D eigenvalue weighted by molar-refractivity contribution is 5.84. The van der Waals surface area contributed by atoms with Crippen molar-refractivity contribution in [1.29, 1.82) is 0 Å². The first-order valence-electron chi connectivity index (χ1n) is 9.89. The fourth-order valence-electron chi connectivity index (χ4n) is 3.51. The second-order valence-electron chi connectivity index (χ2n) is 7.16. The van der Waals surface area contributed by atoms with Crippen LogP contribution in [0, 0.1) is 11.3 Å². The van der Waals surface area contributed by atoms with E-state index in [-0.39, 0.29) is 11.7 Å². The Bertz CT molecular complexity index is 829. The maximum Gasteiger partial charge on any atom is 0.335 e. The molecule has 154 valence electrons. The van der Waals surface area contributed by atoms with E-state index in [0.29, 0.717) is 5.75 Å². The minimum atomic E-state index is -0.994. The number of hydrogen-bond donors (Lipinski definition) is 2. The minimum absolute atomic E-state index is 0.0947. The molecule has 0 aliphatic heterocycles. The summed E-state index contributed by atoms with van der Waals surface area (Å²) in [6.07, 6.45) is 15.8. The van der Waals surface area contributed by atoms with E-state index in [1.165, 1.54) is 35.9 Å². The van der Waals surface area contributed by atoms with E-state index in [1.807, 2.05) is 6.08 Å². The maximum atomic E-state index is 12.3. The molecule has 1 aliphatic carbocycles. The summed E-state index contributed by atoms with van der Waals surface area (Å²) >= 11 is 0. The molecule has 0 spiro atoms. The largest absolute Gasteiger partial charge is 0.508 e. The summed E-state index contributed by atoms with van der Waals surface area (Å²) in [5.74, 6) is -1.25. The molecule has 2 rings (SSSR count). The maximum absolute atomic E-state index is 12.3. The van der Waals surface area contributed by atoms with Gasteiger partial charge in [-0.05, 0) is 37.1 Å². The van der Waals surface area contributed by atoms with Gasteiger partial charge in [-0.25, -0.2) is 9.59 Å². The van der Waals surface area contributed by atoms with E-state index in [0.717, 1.165) is 31.8 Å². The number of ether oxygens (including phenoxy) is 1. The number of rotatable bonds is 9. The van der Waals surface area contributed by atoms with Crippen LogP contribution in [0.25, 0.3) is 0 Å². The molecular weight excluding hydrogens is 368 g/mol. The molecule has 2 N–H and O–H groups in total. The van der Waals surface area contributed by atoms with Gasteiger partial charge in [0.15, 0.2) is 0 Å². The fraction of sp³-hybridized carbons (Fsp3) is 0.333. The Morgan fingerprint density at radius 1 is 1.14 bits per heavy atom. The number of benzene rings is 1. The summed E-state index contributed by atoms with van der Waals surface area (Å²) in [5.41, 5.74) is 0.672. The molecule has 0 saturated heterocycles.